The summed E-state index contributed by atoms with van der Waals surface area (Å²) in [4.78, 5) is 0. The van der Waals surface area contributed by atoms with Crippen molar-refractivity contribution in [2.24, 2.45) is 0 Å². The molecule has 0 aromatic heterocycles. The largest absolute Gasteiger partial charge is 4.00 e. The molecule has 0 amide bonds. The van der Waals surface area contributed by atoms with Gasteiger partial charge >= 0.3 is 21.7 Å². The van der Waals surface area contributed by atoms with Gasteiger partial charge < -0.3 is 11.5 Å². The van der Waals surface area contributed by atoms with E-state index in [1.54, 1.807) is 0 Å². The summed E-state index contributed by atoms with van der Waals surface area (Å²) in [6, 6.07) is 0. The van der Waals surface area contributed by atoms with Crippen molar-refractivity contribution in [1.29, 1.82) is 0 Å². The summed E-state index contributed by atoms with van der Waals surface area (Å²) in [5.74, 6) is -21.4. The molecular weight excluding hydrogens is 530 g/mol. The van der Waals surface area contributed by atoms with Crippen LogP contribution < -0.4 is 0 Å². The molecule has 35 heavy (non-hydrogen) atoms. The zero-order valence-corrected chi connectivity index (χ0v) is 18.7. The van der Waals surface area contributed by atoms with Gasteiger partial charge in [-0.25, -0.2) is 68.2 Å². The molecule has 2 aliphatic carbocycles. The molecule has 4 rings (SSSR count). The van der Waals surface area contributed by atoms with Gasteiger partial charge in [0.05, 0.1) is 0 Å². The Bertz CT molecular complexity index is 825. The van der Waals surface area contributed by atoms with Crippen molar-refractivity contribution in [2.75, 3.05) is 0 Å². The van der Waals surface area contributed by atoms with E-state index >= 15 is 0 Å². The minimum Gasteiger partial charge on any atom is -0.694 e. The Morgan fingerprint density at radius 2 is 0.686 bits per heavy atom. The van der Waals surface area contributed by atoms with Crippen LogP contribution in [0.15, 0.2) is 36.5 Å². The molecule has 184 valence electrons. The first-order chi connectivity index (χ1) is 15.9. The maximum Gasteiger partial charge on any atom is 4.00 e. The molecule has 2 N–H and O–H groups in total. The van der Waals surface area contributed by atoms with Crippen molar-refractivity contribution in [1.82, 2.24) is 0 Å². The fraction of sp³-hybridized carbons (Fsp3) is 0.0909. The van der Waals surface area contributed by atoms with Gasteiger partial charge in [0.1, 0.15) is 23.3 Å². The van der Waals surface area contributed by atoms with E-state index in [2.05, 4.69) is 24.3 Å². The topological polar surface area (TPSA) is 47.6 Å². The average Bonchev–Trinajstić information content (AvgIpc) is 3.61. The van der Waals surface area contributed by atoms with Gasteiger partial charge in [-0.3, -0.25) is 12.2 Å². The van der Waals surface area contributed by atoms with Crippen LogP contribution >= 0.6 is 0 Å². The molecule has 0 heterocycles. The SMILES string of the molecule is [C-]1=CC=CC1.[C-]1=CC=CC1.[NH-]c1c(F)c(F)c(F)c(F)c1F.[NH-]c1c(F)c(F)c(F)c(F)c1F.[Ti+4]. The van der Waals surface area contributed by atoms with Gasteiger partial charge in [-0.05, 0) is 0 Å². The van der Waals surface area contributed by atoms with Crippen LogP contribution in [0.2, 0.25) is 0 Å². The van der Waals surface area contributed by atoms with Crippen molar-refractivity contribution in [3.8, 4) is 0 Å². The second-order valence-corrected chi connectivity index (χ2v) is 5.90. The maximum atomic E-state index is 12.2. The summed E-state index contributed by atoms with van der Waals surface area (Å²) in [7, 11) is 0. The van der Waals surface area contributed by atoms with E-state index in [1.165, 1.54) is 0 Å². The Morgan fingerprint density at radius 3 is 0.829 bits per heavy atom. The maximum absolute atomic E-state index is 12.2. The Labute approximate surface area is 208 Å². The first kappa shape index (κ1) is 32.0. The van der Waals surface area contributed by atoms with Gasteiger partial charge in [-0.15, -0.1) is 12.8 Å². The molecular formula is C22H12F10N2Ti. The van der Waals surface area contributed by atoms with Crippen molar-refractivity contribution in [3.63, 3.8) is 0 Å². The third-order valence-electron chi connectivity index (χ3n) is 3.59. The molecule has 0 atom stereocenters. The number of rotatable bonds is 0. The Morgan fingerprint density at radius 1 is 0.457 bits per heavy atom. The molecule has 13 heteroatoms. The normalized spacial score (nSPS) is 12.2. The predicted octanol–water partition coefficient (Wildman–Crippen LogP) is 8.74. The zero-order chi connectivity index (χ0) is 26.0. The number of allylic oxidation sites excluding steroid dienone is 8. The second kappa shape index (κ2) is 15.1. The summed E-state index contributed by atoms with van der Waals surface area (Å²) in [6.07, 6.45) is 20.0. The molecule has 2 aliphatic rings. The minimum absolute atomic E-state index is 0. The molecule has 2 nitrogen and oxygen atoms in total. The van der Waals surface area contributed by atoms with E-state index in [-0.39, 0.29) is 21.7 Å². The van der Waals surface area contributed by atoms with Gasteiger partial charge in [0.15, 0.2) is 34.9 Å². The van der Waals surface area contributed by atoms with E-state index < -0.39 is 69.5 Å². The van der Waals surface area contributed by atoms with Gasteiger partial charge in [0.25, 0.3) is 0 Å². The third-order valence-corrected chi connectivity index (χ3v) is 3.59. The number of hydrogen-bond donors (Lipinski definition) is 0. The van der Waals surface area contributed by atoms with Crippen LogP contribution in [0.5, 0.6) is 0 Å². The fourth-order valence-electron chi connectivity index (χ4n) is 1.89. The summed E-state index contributed by atoms with van der Waals surface area (Å²) in [6.45, 7) is 0. The number of nitrogens with one attached hydrogen (secondary N) is 2. The predicted molar refractivity (Wildman–Crippen MR) is 104 cm³/mol. The summed E-state index contributed by atoms with van der Waals surface area (Å²) in [5.41, 5.74) is 9.61. The van der Waals surface area contributed by atoms with Crippen molar-refractivity contribution in [2.45, 2.75) is 12.8 Å². The standard InChI is InChI=1S/2C6HF5N.2C5H5.Ti/c2*7-1-2(8)4(10)6(12)5(11)3(1)9;2*1-2-4-5-3-1;/h2*12H;2*1-3H,4H2;/q4*-1;+4. The number of benzene rings is 2. The average molecular weight is 542 g/mol. The number of hydrogen-bond acceptors (Lipinski definition) is 0. The minimum atomic E-state index is -2.25. The van der Waals surface area contributed by atoms with E-state index in [0.717, 1.165) is 12.8 Å². The van der Waals surface area contributed by atoms with Crippen molar-refractivity contribution < 1.29 is 65.6 Å². The van der Waals surface area contributed by atoms with E-state index in [1.807, 2.05) is 24.3 Å². The summed E-state index contributed by atoms with van der Waals surface area (Å²) in [5, 5.41) is 0. The molecule has 0 radical (unpaired) electrons. The van der Waals surface area contributed by atoms with Crippen LogP contribution in [-0.4, -0.2) is 0 Å². The van der Waals surface area contributed by atoms with Crippen LogP contribution in [0.4, 0.5) is 55.3 Å². The van der Waals surface area contributed by atoms with Crippen molar-refractivity contribution >= 4 is 11.4 Å². The van der Waals surface area contributed by atoms with Crippen LogP contribution in [0.3, 0.4) is 0 Å². The van der Waals surface area contributed by atoms with Crippen LogP contribution in [0.25, 0.3) is 11.5 Å². The quantitative estimate of drug-likeness (QED) is 0.105. The van der Waals surface area contributed by atoms with Crippen LogP contribution in [0, 0.1) is 70.3 Å². The molecule has 0 aliphatic heterocycles. The monoisotopic (exact) mass is 542 g/mol. The molecule has 2 aromatic carbocycles. The first-order valence-electron chi connectivity index (χ1n) is 8.82. The van der Waals surface area contributed by atoms with Gasteiger partial charge in [0, 0.05) is 0 Å². The van der Waals surface area contributed by atoms with Gasteiger partial charge in [0.2, 0.25) is 0 Å². The van der Waals surface area contributed by atoms with Crippen LogP contribution in [0.1, 0.15) is 12.8 Å². The zero-order valence-electron chi connectivity index (χ0n) is 17.2. The first-order valence-corrected chi connectivity index (χ1v) is 8.82. The molecule has 0 bridgehead atoms. The Hall–Kier alpha value is -2.99. The van der Waals surface area contributed by atoms with Gasteiger partial charge in [-0.1, -0.05) is 11.4 Å². The summed E-state index contributed by atoms with van der Waals surface area (Å²) >= 11 is 0. The van der Waals surface area contributed by atoms with E-state index in [0.29, 0.717) is 0 Å². The van der Waals surface area contributed by atoms with E-state index in [9.17, 15) is 43.9 Å². The molecule has 0 saturated heterocycles. The molecule has 0 fully saturated rings. The van der Waals surface area contributed by atoms with Crippen molar-refractivity contribution in [3.05, 3.63) is 118 Å². The van der Waals surface area contributed by atoms with Gasteiger partial charge in [-0.2, -0.15) is 12.2 Å². The Balaban J connectivity index is 0.000000468. The Kier molecular flexibility index (Phi) is 13.8. The fourth-order valence-corrected chi connectivity index (χ4v) is 1.89. The molecule has 0 unspecified atom stereocenters. The van der Waals surface area contributed by atoms with Crippen LogP contribution in [-0.2, 0) is 21.7 Å². The van der Waals surface area contributed by atoms with E-state index in [4.69, 9.17) is 11.5 Å². The number of halogens is 10. The smallest absolute Gasteiger partial charge is 0.694 e. The third kappa shape index (κ3) is 8.63. The molecule has 0 saturated carbocycles. The second-order valence-electron chi connectivity index (χ2n) is 5.90. The molecule has 2 aromatic rings. The molecule has 0 spiro atoms. The summed E-state index contributed by atoms with van der Waals surface area (Å²) < 4.78 is 122.